The Morgan fingerprint density at radius 3 is 2.52 bits per heavy atom. The molecule has 0 saturated heterocycles. The topological polar surface area (TPSA) is 89.2 Å². The molecule has 1 saturated carbocycles. The smallest absolute Gasteiger partial charge is 0.225 e. The molecule has 154 valence electrons. The van der Waals surface area contributed by atoms with Gasteiger partial charge < -0.3 is 5.32 Å². The van der Waals surface area contributed by atoms with E-state index in [0.717, 1.165) is 33.8 Å². The lowest BCUT2D eigenvalue weighted by atomic mass is 10.0. The summed E-state index contributed by atoms with van der Waals surface area (Å²) in [4.78, 5) is 4.77. The Balaban J connectivity index is 1.31. The summed E-state index contributed by atoms with van der Waals surface area (Å²) in [5, 5.41) is 20.9. The summed E-state index contributed by atoms with van der Waals surface area (Å²) in [5.41, 5.74) is 6.65. The summed E-state index contributed by atoms with van der Waals surface area (Å²) < 4.78 is 3.60. The summed E-state index contributed by atoms with van der Waals surface area (Å²) >= 11 is 0. The number of hydrogen-bond donors (Lipinski definition) is 2. The van der Waals surface area contributed by atoms with Crippen LogP contribution in [0.2, 0.25) is 0 Å². The molecular formula is C23H22N8. The normalized spacial score (nSPS) is 13.7. The Morgan fingerprint density at radius 1 is 0.968 bits per heavy atom. The molecule has 0 spiro atoms. The van der Waals surface area contributed by atoms with Crippen LogP contribution >= 0.6 is 0 Å². The number of aromatic amines is 1. The van der Waals surface area contributed by atoms with E-state index < -0.39 is 0 Å². The van der Waals surface area contributed by atoms with Gasteiger partial charge in [-0.15, -0.1) is 5.10 Å². The Labute approximate surface area is 178 Å². The molecule has 6 rings (SSSR count). The highest BCUT2D eigenvalue weighted by Gasteiger charge is 2.29. The van der Waals surface area contributed by atoms with E-state index in [9.17, 15) is 0 Å². The minimum absolute atomic E-state index is 0.580. The van der Waals surface area contributed by atoms with Crippen LogP contribution in [-0.4, -0.2) is 34.7 Å². The third-order valence-electron chi connectivity index (χ3n) is 5.84. The fraction of sp³-hybridized carbons (Fsp3) is 0.217. The van der Waals surface area contributed by atoms with Crippen molar-refractivity contribution in [1.82, 2.24) is 34.7 Å². The number of aromatic nitrogens is 7. The molecule has 0 aliphatic heterocycles. The molecule has 31 heavy (non-hydrogen) atoms. The molecule has 0 bridgehead atoms. The number of nitrogens with one attached hydrogen (secondary N) is 2. The van der Waals surface area contributed by atoms with E-state index in [1.165, 1.54) is 23.8 Å². The zero-order chi connectivity index (χ0) is 20.9. The summed E-state index contributed by atoms with van der Waals surface area (Å²) in [7, 11) is 3.83. The van der Waals surface area contributed by atoms with Crippen LogP contribution in [0.1, 0.15) is 24.3 Å². The second-order valence-electron chi connectivity index (χ2n) is 8.12. The van der Waals surface area contributed by atoms with Gasteiger partial charge in [0.1, 0.15) is 0 Å². The number of hydrogen-bond acceptors (Lipinski definition) is 5. The molecule has 1 fully saturated rings. The fourth-order valence-electron chi connectivity index (χ4n) is 4.08. The molecule has 0 unspecified atom stereocenters. The van der Waals surface area contributed by atoms with Gasteiger partial charge in [0.25, 0.3) is 0 Å². The minimum atomic E-state index is 0.580. The molecule has 0 amide bonds. The van der Waals surface area contributed by atoms with Crippen molar-refractivity contribution >= 4 is 22.5 Å². The van der Waals surface area contributed by atoms with Crippen LogP contribution in [0.5, 0.6) is 0 Å². The van der Waals surface area contributed by atoms with Crippen LogP contribution in [0, 0.1) is 0 Å². The van der Waals surface area contributed by atoms with Gasteiger partial charge in [0, 0.05) is 42.5 Å². The third-order valence-corrected chi connectivity index (χ3v) is 5.84. The van der Waals surface area contributed by atoms with Crippen molar-refractivity contribution in [3.63, 3.8) is 0 Å². The van der Waals surface area contributed by atoms with Crippen molar-refractivity contribution < 1.29 is 0 Å². The first-order chi connectivity index (χ1) is 15.2. The number of aryl methyl sites for hydroxylation is 2. The lowest BCUT2D eigenvalue weighted by Crippen LogP contribution is -2.02. The van der Waals surface area contributed by atoms with Gasteiger partial charge in [0.2, 0.25) is 5.95 Å². The van der Waals surface area contributed by atoms with Crippen molar-refractivity contribution in [1.29, 1.82) is 0 Å². The number of rotatable bonds is 5. The van der Waals surface area contributed by atoms with E-state index in [0.29, 0.717) is 11.7 Å². The number of benzene rings is 2. The average Bonchev–Trinajstić information content (AvgIpc) is 3.15. The number of H-pyrrole nitrogens is 1. The zero-order valence-electron chi connectivity index (χ0n) is 17.4. The maximum Gasteiger partial charge on any atom is 0.225 e. The van der Waals surface area contributed by atoms with Crippen LogP contribution < -0.4 is 5.32 Å². The van der Waals surface area contributed by atoms with Gasteiger partial charge in [-0.25, -0.2) is 4.68 Å². The van der Waals surface area contributed by atoms with Gasteiger partial charge >= 0.3 is 0 Å². The van der Waals surface area contributed by atoms with Crippen molar-refractivity contribution in [2.45, 2.75) is 18.8 Å². The fourth-order valence-corrected chi connectivity index (χ4v) is 4.08. The molecule has 1 aliphatic rings. The van der Waals surface area contributed by atoms with Gasteiger partial charge in [-0.05, 0) is 42.0 Å². The summed E-state index contributed by atoms with van der Waals surface area (Å²) in [6.45, 7) is 0. The van der Waals surface area contributed by atoms with E-state index in [4.69, 9.17) is 4.98 Å². The molecule has 8 nitrogen and oxygen atoms in total. The monoisotopic (exact) mass is 410 g/mol. The molecule has 3 aromatic heterocycles. The van der Waals surface area contributed by atoms with Crippen molar-refractivity contribution in [3.8, 4) is 22.5 Å². The van der Waals surface area contributed by atoms with Crippen molar-refractivity contribution in [2.75, 3.05) is 5.32 Å². The zero-order valence-corrected chi connectivity index (χ0v) is 17.4. The Bertz CT molecular complexity index is 1390. The molecule has 2 aromatic carbocycles. The Morgan fingerprint density at radius 2 is 1.77 bits per heavy atom. The van der Waals surface area contributed by atoms with Crippen molar-refractivity contribution in [3.05, 3.63) is 60.6 Å². The average molecular weight is 410 g/mol. The van der Waals surface area contributed by atoms with Gasteiger partial charge in [-0.1, -0.05) is 24.3 Å². The standard InChI is InChI=1S/C23H22N8/c1-30-13-17(11-25-30)14-3-7-16(8-4-14)22-27-23(31(2)29-22)26-20-10-9-19-18(12-24-28-19)21(20)15-5-6-15/h3-4,7-13,15H,5-6H2,1-2H3,(H,24,28)(H,26,27,29). The summed E-state index contributed by atoms with van der Waals surface area (Å²) in [6, 6.07) is 12.4. The molecule has 0 radical (unpaired) electrons. The molecule has 0 atom stereocenters. The summed E-state index contributed by atoms with van der Waals surface area (Å²) in [6.07, 6.45) is 8.22. The Kier molecular flexibility index (Phi) is 3.92. The first-order valence-electron chi connectivity index (χ1n) is 10.4. The van der Waals surface area contributed by atoms with Gasteiger partial charge in [-0.2, -0.15) is 15.2 Å². The first-order valence-corrected chi connectivity index (χ1v) is 10.4. The minimum Gasteiger partial charge on any atom is -0.324 e. The van der Waals surface area contributed by atoms with Crippen LogP contribution in [-0.2, 0) is 14.1 Å². The van der Waals surface area contributed by atoms with Crippen LogP contribution in [0.4, 0.5) is 11.6 Å². The molecule has 5 aromatic rings. The second-order valence-corrected chi connectivity index (χ2v) is 8.12. The highest BCUT2D eigenvalue weighted by Crippen LogP contribution is 2.47. The maximum atomic E-state index is 4.77. The van der Waals surface area contributed by atoms with E-state index in [1.807, 2.05) is 32.7 Å². The van der Waals surface area contributed by atoms with Crippen LogP contribution in [0.25, 0.3) is 33.4 Å². The maximum absolute atomic E-state index is 4.77. The van der Waals surface area contributed by atoms with Gasteiger partial charge in [-0.3, -0.25) is 9.78 Å². The molecule has 2 N–H and O–H groups in total. The van der Waals surface area contributed by atoms with E-state index in [-0.39, 0.29) is 0 Å². The first kappa shape index (κ1) is 17.9. The lowest BCUT2D eigenvalue weighted by Gasteiger charge is -2.11. The highest BCUT2D eigenvalue weighted by molar-refractivity contribution is 5.89. The van der Waals surface area contributed by atoms with Gasteiger partial charge in [0.05, 0.1) is 17.9 Å². The molecular weight excluding hydrogens is 388 g/mol. The lowest BCUT2D eigenvalue weighted by molar-refractivity contribution is 0.768. The molecule has 8 heteroatoms. The van der Waals surface area contributed by atoms with Crippen LogP contribution in [0.15, 0.2) is 55.0 Å². The number of nitrogens with zero attached hydrogens (tertiary/aromatic N) is 6. The van der Waals surface area contributed by atoms with E-state index in [1.54, 1.807) is 9.36 Å². The van der Waals surface area contributed by atoms with Gasteiger partial charge in [0.15, 0.2) is 5.82 Å². The number of fused-ring (bicyclic) bond motifs is 1. The Hall–Kier alpha value is -3.94. The quantitative estimate of drug-likeness (QED) is 0.449. The predicted molar refractivity (Wildman–Crippen MR) is 120 cm³/mol. The predicted octanol–water partition coefficient (Wildman–Crippen LogP) is 4.38. The SMILES string of the molecule is Cn1cc(-c2ccc(-c3nc(Nc4ccc5[nH]ncc5c4C4CC4)n(C)n3)cc2)cn1. The highest BCUT2D eigenvalue weighted by atomic mass is 15.4. The molecule has 3 heterocycles. The second kappa shape index (κ2) is 6.80. The molecule has 1 aliphatic carbocycles. The largest absolute Gasteiger partial charge is 0.324 e. The van der Waals surface area contributed by atoms with E-state index in [2.05, 4.69) is 62.1 Å². The van der Waals surface area contributed by atoms with Crippen molar-refractivity contribution in [2.24, 2.45) is 14.1 Å². The van der Waals surface area contributed by atoms with E-state index >= 15 is 0 Å². The number of anilines is 2. The third kappa shape index (κ3) is 3.16. The van der Waals surface area contributed by atoms with Crippen LogP contribution in [0.3, 0.4) is 0 Å². The summed E-state index contributed by atoms with van der Waals surface area (Å²) in [5.74, 6) is 1.99.